The largest absolute Gasteiger partial charge is 0.321 e. The van der Waals surface area contributed by atoms with Crippen molar-refractivity contribution >= 4 is 21.6 Å². The van der Waals surface area contributed by atoms with Crippen molar-refractivity contribution in [3.05, 3.63) is 89.7 Å². The number of benzene rings is 2. The molecule has 2 aromatic carbocycles. The van der Waals surface area contributed by atoms with E-state index in [1.54, 1.807) is 48.8 Å². The second kappa shape index (κ2) is 8.43. The molecule has 0 bridgehead atoms. The summed E-state index contributed by atoms with van der Waals surface area (Å²) in [7, 11) is -3.72. The van der Waals surface area contributed by atoms with Gasteiger partial charge in [-0.05, 0) is 54.1 Å². The van der Waals surface area contributed by atoms with Crippen LogP contribution in [-0.4, -0.2) is 19.3 Å². The van der Waals surface area contributed by atoms with E-state index in [1.165, 1.54) is 24.3 Å². The Morgan fingerprint density at radius 2 is 1.68 bits per heavy atom. The van der Waals surface area contributed by atoms with Crippen molar-refractivity contribution in [3.8, 4) is 6.07 Å². The predicted molar refractivity (Wildman–Crippen MR) is 104 cm³/mol. The molecule has 140 valence electrons. The molecular formula is C20H16N4O3S. The Bertz CT molecular complexity index is 1120. The number of amides is 1. The molecular weight excluding hydrogens is 376 g/mol. The number of carbonyl (C=O) groups excluding carboxylic acids is 1. The number of anilines is 1. The van der Waals surface area contributed by atoms with E-state index in [9.17, 15) is 13.2 Å². The molecule has 7 nitrogen and oxygen atoms in total. The van der Waals surface area contributed by atoms with Gasteiger partial charge in [-0.2, -0.15) is 5.26 Å². The van der Waals surface area contributed by atoms with Crippen molar-refractivity contribution in [1.29, 1.82) is 5.26 Å². The van der Waals surface area contributed by atoms with Gasteiger partial charge in [-0.15, -0.1) is 0 Å². The molecule has 0 saturated heterocycles. The van der Waals surface area contributed by atoms with E-state index in [0.29, 0.717) is 11.3 Å². The van der Waals surface area contributed by atoms with Gasteiger partial charge in [0.15, 0.2) is 0 Å². The minimum absolute atomic E-state index is 0.0514. The number of hydrogen-bond donors (Lipinski definition) is 2. The molecule has 1 heterocycles. The topological polar surface area (TPSA) is 112 Å². The van der Waals surface area contributed by atoms with Gasteiger partial charge < -0.3 is 5.32 Å². The number of aromatic nitrogens is 1. The van der Waals surface area contributed by atoms with Crippen LogP contribution in [0.2, 0.25) is 0 Å². The minimum atomic E-state index is -3.72. The average molecular weight is 392 g/mol. The molecule has 0 aliphatic heterocycles. The van der Waals surface area contributed by atoms with E-state index in [-0.39, 0.29) is 17.0 Å². The Balaban J connectivity index is 1.70. The van der Waals surface area contributed by atoms with Crippen LogP contribution in [0.15, 0.2) is 78.0 Å². The summed E-state index contributed by atoms with van der Waals surface area (Å²) in [6.45, 7) is 0.137. The van der Waals surface area contributed by atoms with Gasteiger partial charge >= 0.3 is 0 Å². The van der Waals surface area contributed by atoms with E-state index in [4.69, 9.17) is 5.26 Å². The van der Waals surface area contributed by atoms with Gasteiger partial charge in [-0.25, -0.2) is 13.1 Å². The molecule has 0 saturated carbocycles. The molecule has 0 unspecified atom stereocenters. The van der Waals surface area contributed by atoms with Gasteiger partial charge in [-0.3, -0.25) is 9.78 Å². The molecule has 0 radical (unpaired) electrons. The monoisotopic (exact) mass is 392 g/mol. The highest BCUT2D eigenvalue weighted by Gasteiger charge is 2.15. The molecule has 0 atom stereocenters. The van der Waals surface area contributed by atoms with Crippen LogP contribution in [0.1, 0.15) is 21.5 Å². The summed E-state index contributed by atoms with van der Waals surface area (Å²) in [4.78, 5) is 16.3. The van der Waals surface area contributed by atoms with Crippen molar-refractivity contribution in [2.75, 3.05) is 5.32 Å². The van der Waals surface area contributed by atoms with Gasteiger partial charge in [0.1, 0.15) is 6.07 Å². The molecule has 2 N–H and O–H groups in total. The first-order chi connectivity index (χ1) is 13.5. The van der Waals surface area contributed by atoms with Crippen LogP contribution in [0.4, 0.5) is 5.69 Å². The normalized spacial score (nSPS) is 10.8. The van der Waals surface area contributed by atoms with Gasteiger partial charge in [-0.1, -0.05) is 12.1 Å². The molecule has 1 aromatic heterocycles. The van der Waals surface area contributed by atoms with E-state index < -0.39 is 15.9 Å². The van der Waals surface area contributed by atoms with E-state index in [1.807, 2.05) is 6.07 Å². The molecule has 0 aliphatic rings. The highest BCUT2D eigenvalue weighted by atomic mass is 32.2. The highest BCUT2D eigenvalue weighted by molar-refractivity contribution is 7.89. The average Bonchev–Trinajstić information content (AvgIpc) is 2.73. The number of sulfonamides is 1. The number of nitriles is 1. The molecule has 0 fully saturated rings. The summed E-state index contributed by atoms with van der Waals surface area (Å²) < 4.78 is 27.3. The summed E-state index contributed by atoms with van der Waals surface area (Å²) in [5.74, 6) is -0.434. The fourth-order valence-electron chi connectivity index (χ4n) is 2.43. The lowest BCUT2D eigenvalue weighted by atomic mass is 10.1. The molecule has 28 heavy (non-hydrogen) atoms. The van der Waals surface area contributed by atoms with Crippen LogP contribution in [0.5, 0.6) is 0 Å². The van der Waals surface area contributed by atoms with Gasteiger partial charge in [0.25, 0.3) is 5.91 Å². The number of pyridine rings is 1. The minimum Gasteiger partial charge on any atom is -0.321 e. The first kappa shape index (κ1) is 19.2. The summed E-state index contributed by atoms with van der Waals surface area (Å²) in [5.41, 5.74) is 1.80. The van der Waals surface area contributed by atoms with Gasteiger partial charge in [0.2, 0.25) is 10.0 Å². The Morgan fingerprint density at radius 1 is 1.00 bits per heavy atom. The third kappa shape index (κ3) is 4.59. The second-order valence-electron chi connectivity index (χ2n) is 5.82. The van der Waals surface area contributed by atoms with Crippen LogP contribution in [0.25, 0.3) is 0 Å². The fourth-order valence-corrected chi connectivity index (χ4v) is 3.45. The Hall–Kier alpha value is -3.54. The van der Waals surface area contributed by atoms with Crippen LogP contribution >= 0.6 is 0 Å². The summed E-state index contributed by atoms with van der Waals surface area (Å²) in [6, 6.07) is 17.6. The predicted octanol–water partition coefficient (Wildman–Crippen LogP) is 2.68. The van der Waals surface area contributed by atoms with Gasteiger partial charge in [0, 0.05) is 24.5 Å². The smallest absolute Gasteiger partial charge is 0.255 e. The van der Waals surface area contributed by atoms with E-state index in [0.717, 1.165) is 5.56 Å². The first-order valence-electron chi connectivity index (χ1n) is 8.29. The summed E-state index contributed by atoms with van der Waals surface area (Å²) >= 11 is 0. The van der Waals surface area contributed by atoms with Crippen LogP contribution < -0.4 is 10.0 Å². The Kier molecular flexibility index (Phi) is 5.79. The van der Waals surface area contributed by atoms with Crippen molar-refractivity contribution in [2.45, 2.75) is 11.4 Å². The maximum Gasteiger partial charge on any atom is 0.255 e. The standard InChI is InChI=1S/C20H16N4O3S/c21-13-17-3-1-2-4-19(17)24-20(25)16-5-7-18(8-6-16)28(26,27)23-14-15-9-11-22-12-10-15/h1-12,23H,14H2,(H,24,25). The van der Waals surface area contributed by atoms with Crippen molar-refractivity contribution in [3.63, 3.8) is 0 Å². The summed E-state index contributed by atoms with van der Waals surface area (Å²) in [6.07, 6.45) is 3.17. The number of nitrogens with zero attached hydrogens (tertiary/aromatic N) is 2. The molecule has 8 heteroatoms. The molecule has 1 amide bonds. The van der Waals surface area contributed by atoms with Crippen LogP contribution in [-0.2, 0) is 16.6 Å². The molecule has 0 spiro atoms. The number of para-hydroxylation sites is 1. The van der Waals surface area contributed by atoms with Crippen molar-refractivity contribution in [2.24, 2.45) is 0 Å². The number of hydrogen-bond acceptors (Lipinski definition) is 5. The zero-order valence-electron chi connectivity index (χ0n) is 14.7. The zero-order valence-corrected chi connectivity index (χ0v) is 15.5. The third-order valence-corrected chi connectivity index (χ3v) is 5.36. The van der Waals surface area contributed by atoms with Crippen LogP contribution in [0, 0.1) is 11.3 Å². The summed E-state index contributed by atoms with van der Waals surface area (Å²) in [5, 5.41) is 11.7. The number of rotatable bonds is 6. The lowest BCUT2D eigenvalue weighted by Gasteiger charge is -2.09. The Morgan fingerprint density at radius 3 is 2.36 bits per heavy atom. The van der Waals surface area contributed by atoms with Crippen molar-refractivity contribution < 1.29 is 13.2 Å². The number of nitrogens with one attached hydrogen (secondary N) is 2. The maximum absolute atomic E-state index is 12.4. The SMILES string of the molecule is N#Cc1ccccc1NC(=O)c1ccc(S(=O)(=O)NCc2ccncc2)cc1. The van der Waals surface area contributed by atoms with E-state index in [2.05, 4.69) is 15.0 Å². The lowest BCUT2D eigenvalue weighted by molar-refractivity contribution is 0.102. The van der Waals surface area contributed by atoms with Crippen molar-refractivity contribution in [1.82, 2.24) is 9.71 Å². The maximum atomic E-state index is 12.4. The molecule has 3 aromatic rings. The molecule has 3 rings (SSSR count). The zero-order chi connectivity index (χ0) is 20.0. The van der Waals surface area contributed by atoms with E-state index >= 15 is 0 Å². The third-order valence-electron chi connectivity index (χ3n) is 3.94. The quantitative estimate of drug-likeness (QED) is 0.670. The fraction of sp³-hybridized carbons (Fsp3) is 0.0500. The van der Waals surface area contributed by atoms with Gasteiger partial charge in [0.05, 0.1) is 16.1 Å². The second-order valence-corrected chi connectivity index (χ2v) is 7.58. The highest BCUT2D eigenvalue weighted by Crippen LogP contribution is 2.16. The Labute approximate surface area is 162 Å². The lowest BCUT2D eigenvalue weighted by Crippen LogP contribution is -2.23. The number of carbonyl (C=O) groups is 1. The molecule has 0 aliphatic carbocycles. The first-order valence-corrected chi connectivity index (χ1v) is 9.77. The van der Waals surface area contributed by atoms with Crippen LogP contribution in [0.3, 0.4) is 0 Å².